The van der Waals surface area contributed by atoms with E-state index in [-0.39, 0.29) is 0 Å². The third kappa shape index (κ3) is 5.17. The molecule has 1 rings (SSSR count). The fourth-order valence-corrected chi connectivity index (χ4v) is 2.87. The molecule has 2 nitrogen and oxygen atoms in total. The summed E-state index contributed by atoms with van der Waals surface area (Å²) in [6, 6.07) is 0.452. The van der Waals surface area contributed by atoms with Crippen LogP contribution >= 0.6 is 11.3 Å². The predicted molar refractivity (Wildman–Crippen MR) is 76.5 cm³/mol. The summed E-state index contributed by atoms with van der Waals surface area (Å²) in [4.78, 5) is 4.46. The molecular weight excluding hydrogens is 228 g/mol. The maximum atomic E-state index is 4.46. The quantitative estimate of drug-likeness (QED) is 0.706. The van der Waals surface area contributed by atoms with Crippen molar-refractivity contribution in [3.63, 3.8) is 0 Å². The first-order valence-electron chi connectivity index (χ1n) is 6.93. The SMILES string of the molecule is CCCCC(CC)CC(NCC)c1cscn1. The Balaban J connectivity index is 2.52. The van der Waals surface area contributed by atoms with Crippen molar-refractivity contribution in [2.75, 3.05) is 6.54 Å². The number of rotatable bonds is 9. The first kappa shape index (κ1) is 14.7. The second-order valence-corrected chi connectivity index (χ2v) is 5.39. The molecule has 1 aromatic heterocycles. The Morgan fingerprint density at radius 2 is 2.18 bits per heavy atom. The number of unbranched alkanes of at least 4 members (excludes halogenated alkanes) is 1. The lowest BCUT2D eigenvalue weighted by molar-refractivity contribution is 0.354. The Hall–Kier alpha value is -0.410. The topological polar surface area (TPSA) is 24.9 Å². The van der Waals surface area contributed by atoms with Crippen LogP contribution in [0.5, 0.6) is 0 Å². The predicted octanol–water partition coefficient (Wildman–Crippen LogP) is 4.40. The molecule has 0 aliphatic rings. The van der Waals surface area contributed by atoms with Crippen LogP contribution in [0.15, 0.2) is 10.9 Å². The van der Waals surface area contributed by atoms with Crippen molar-refractivity contribution in [3.05, 3.63) is 16.6 Å². The van der Waals surface area contributed by atoms with E-state index in [1.807, 2.05) is 5.51 Å². The molecule has 0 bridgehead atoms. The van der Waals surface area contributed by atoms with Crippen LogP contribution in [0, 0.1) is 5.92 Å². The van der Waals surface area contributed by atoms with E-state index >= 15 is 0 Å². The Morgan fingerprint density at radius 1 is 1.35 bits per heavy atom. The van der Waals surface area contributed by atoms with E-state index in [1.165, 1.54) is 37.8 Å². The molecule has 98 valence electrons. The number of thiazole rings is 1. The highest BCUT2D eigenvalue weighted by Gasteiger charge is 2.17. The largest absolute Gasteiger partial charge is 0.309 e. The van der Waals surface area contributed by atoms with Gasteiger partial charge >= 0.3 is 0 Å². The van der Waals surface area contributed by atoms with Crippen molar-refractivity contribution in [2.24, 2.45) is 5.92 Å². The van der Waals surface area contributed by atoms with E-state index in [4.69, 9.17) is 0 Å². The molecule has 2 atom stereocenters. The van der Waals surface area contributed by atoms with Crippen molar-refractivity contribution < 1.29 is 0 Å². The molecule has 0 aliphatic heterocycles. The maximum absolute atomic E-state index is 4.46. The molecule has 0 saturated carbocycles. The van der Waals surface area contributed by atoms with Gasteiger partial charge < -0.3 is 5.32 Å². The number of hydrogen-bond acceptors (Lipinski definition) is 3. The zero-order valence-corrected chi connectivity index (χ0v) is 12.2. The van der Waals surface area contributed by atoms with Crippen molar-refractivity contribution in [2.45, 2.75) is 58.9 Å². The second-order valence-electron chi connectivity index (χ2n) is 4.68. The molecule has 3 heteroatoms. The standard InChI is InChI=1S/C14H26N2S/c1-4-7-8-12(5-2)9-13(15-6-3)14-10-17-11-16-14/h10-13,15H,4-9H2,1-3H3. The van der Waals surface area contributed by atoms with Crippen LogP contribution in [0.3, 0.4) is 0 Å². The molecule has 0 radical (unpaired) electrons. The highest BCUT2D eigenvalue weighted by molar-refractivity contribution is 7.07. The summed E-state index contributed by atoms with van der Waals surface area (Å²) in [6.07, 6.45) is 6.53. The van der Waals surface area contributed by atoms with Crippen LogP contribution in [0.4, 0.5) is 0 Å². The first-order chi connectivity index (χ1) is 8.31. The van der Waals surface area contributed by atoms with Gasteiger partial charge in [0.2, 0.25) is 0 Å². The minimum absolute atomic E-state index is 0.452. The van der Waals surface area contributed by atoms with Crippen LogP contribution in [0.2, 0.25) is 0 Å². The van der Waals surface area contributed by atoms with Gasteiger partial charge in [-0.2, -0.15) is 0 Å². The first-order valence-corrected chi connectivity index (χ1v) is 7.87. The number of hydrogen-bond donors (Lipinski definition) is 1. The summed E-state index contributed by atoms with van der Waals surface area (Å²) in [5, 5.41) is 5.75. The summed E-state index contributed by atoms with van der Waals surface area (Å²) in [7, 11) is 0. The van der Waals surface area contributed by atoms with E-state index < -0.39 is 0 Å². The smallest absolute Gasteiger partial charge is 0.0795 e. The summed E-state index contributed by atoms with van der Waals surface area (Å²) < 4.78 is 0. The molecule has 0 aliphatic carbocycles. The Labute approximate surface area is 110 Å². The minimum Gasteiger partial charge on any atom is -0.309 e. The zero-order chi connectivity index (χ0) is 12.5. The number of aromatic nitrogens is 1. The molecule has 0 amide bonds. The van der Waals surface area contributed by atoms with Gasteiger partial charge in [0.15, 0.2) is 0 Å². The van der Waals surface area contributed by atoms with Gasteiger partial charge in [0, 0.05) is 5.38 Å². The minimum atomic E-state index is 0.452. The fourth-order valence-electron chi connectivity index (χ4n) is 2.26. The average molecular weight is 254 g/mol. The van der Waals surface area contributed by atoms with Gasteiger partial charge in [-0.25, -0.2) is 4.98 Å². The Bertz CT molecular complexity index is 272. The van der Waals surface area contributed by atoms with Gasteiger partial charge in [0.25, 0.3) is 0 Å². The Kier molecular flexibility index (Phi) is 7.45. The van der Waals surface area contributed by atoms with Gasteiger partial charge in [0.05, 0.1) is 17.2 Å². The van der Waals surface area contributed by atoms with Gasteiger partial charge in [-0.3, -0.25) is 0 Å². The lowest BCUT2D eigenvalue weighted by atomic mass is 9.91. The molecule has 17 heavy (non-hydrogen) atoms. The van der Waals surface area contributed by atoms with Crippen molar-refractivity contribution in [1.82, 2.24) is 10.3 Å². The van der Waals surface area contributed by atoms with E-state index in [0.29, 0.717) is 6.04 Å². The van der Waals surface area contributed by atoms with Crippen LogP contribution < -0.4 is 5.32 Å². The molecule has 1 N–H and O–H groups in total. The second kappa shape index (κ2) is 8.65. The van der Waals surface area contributed by atoms with E-state index in [2.05, 4.69) is 36.5 Å². The summed E-state index contributed by atoms with van der Waals surface area (Å²) >= 11 is 1.70. The normalized spacial score (nSPS) is 14.8. The van der Waals surface area contributed by atoms with Crippen molar-refractivity contribution in [1.29, 1.82) is 0 Å². The lowest BCUT2D eigenvalue weighted by Gasteiger charge is -2.22. The van der Waals surface area contributed by atoms with E-state index in [1.54, 1.807) is 11.3 Å². The molecule has 0 aromatic carbocycles. The zero-order valence-electron chi connectivity index (χ0n) is 11.4. The van der Waals surface area contributed by atoms with Gasteiger partial charge in [-0.05, 0) is 18.9 Å². The maximum Gasteiger partial charge on any atom is 0.0795 e. The molecule has 0 fully saturated rings. The summed E-state index contributed by atoms with van der Waals surface area (Å²) in [5.41, 5.74) is 3.17. The van der Waals surface area contributed by atoms with E-state index in [0.717, 1.165) is 12.5 Å². The van der Waals surface area contributed by atoms with E-state index in [9.17, 15) is 0 Å². The molecule has 0 spiro atoms. The number of nitrogens with zero attached hydrogens (tertiary/aromatic N) is 1. The molecule has 0 saturated heterocycles. The third-order valence-electron chi connectivity index (χ3n) is 3.37. The highest BCUT2D eigenvalue weighted by atomic mass is 32.1. The highest BCUT2D eigenvalue weighted by Crippen LogP contribution is 2.26. The summed E-state index contributed by atoms with van der Waals surface area (Å²) in [6.45, 7) is 7.78. The van der Waals surface area contributed by atoms with Crippen molar-refractivity contribution >= 4 is 11.3 Å². The molecular formula is C14H26N2S. The number of nitrogens with one attached hydrogen (secondary N) is 1. The van der Waals surface area contributed by atoms with Crippen LogP contribution in [0.25, 0.3) is 0 Å². The monoisotopic (exact) mass is 254 g/mol. The van der Waals surface area contributed by atoms with Crippen LogP contribution in [-0.4, -0.2) is 11.5 Å². The van der Waals surface area contributed by atoms with Crippen LogP contribution in [-0.2, 0) is 0 Å². The molecule has 2 unspecified atom stereocenters. The van der Waals surface area contributed by atoms with Crippen molar-refractivity contribution in [3.8, 4) is 0 Å². The van der Waals surface area contributed by atoms with Gasteiger partial charge in [-0.15, -0.1) is 11.3 Å². The molecule has 1 heterocycles. The van der Waals surface area contributed by atoms with Gasteiger partial charge in [-0.1, -0.05) is 46.5 Å². The fraction of sp³-hybridized carbons (Fsp3) is 0.786. The van der Waals surface area contributed by atoms with Crippen LogP contribution in [0.1, 0.15) is 64.6 Å². The summed E-state index contributed by atoms with van der Waals surface area (Å²) in [5.74, 6) is 0.834. The Morgan fingerprint density at radius 3 is 2.71 bits per heavy atom. The van der Waals surface area contributed by atoms with Gasteiger partial charge in [0.1, 0.15) is 0 Å². The third-order valence-corrected chi connectivity index (χ3v) is 3.98. The average Bonchev–Trinajstić information content (AvgIpc) is 2.87. The lowest BCUT2D eigenvalue weighted by Crippen LogP contribution is -2.23. The molecule has 1 aromatic rings.